The number of sulfonamides is 1. The van der Waals surface area contributed by atoms with E-state index in [1.807, 2.05) is 12.3 Å². The van der Waals surface area contributed by atoms with Gasteiger partial charge in [-0.15, -0.1) is 11.3 Å². The zero-order valence-corrected chi connectivity index (χ0v) is 11.9. The quantitative estimate of drug-likeness (QED) is 0.864. The molecule has 0 amide bonds. The summed E-state index contributed by atoms with van der Waals surface area (Å²) < 4.78 is 26.7. The maximum Gasteiger partial charge on any atom is 0.244 e. The lowest BCUT2D eigenvalue weighted by atomic mass is 10.2. The number of thiazole rings is 1. The molecule has 0 aliphatic rings. The van der Waals surface area contributed by atoms with Gasteiger partial charge in [0.05, 0.1) is 5.01 Å². The number of hydrogen-bond acceptors (Lipinski definition) is 6. The Kier molecular flexibility index (Phi) is 4.13. The molecule has 2 aromatic heterocycles. The van der Waals surface area contributed by atoms with Crippen LogP contribution in [0.1, 0.15) is 17.8 Å². The average Bonchev–Trinajstić information content (AvgIpc) is 2.90. The molecule has 2 heterocycles. The SMILES string of the molecule is CC(CNS(=O)(=O)c1cccnc1N)c1nccs1. The molecule has 102 valence electrons. The van der Waals surface area contributed by atoms with Crippen molar-refractivity contribution in [2.75, 3.05) is 12.3 Å². The summed E-state index contributed by atoms with van der Waals surface area (Å²) >= 11 is 1.50. The van der Waals surface area contributed by atoms with Gasteiger partial charge < -0.3 is 5.73 Å². The molecule has 8 heteroatoms. The first kappa shape index (κ1) is 13.9. The highest BCUT2D eigenvalue weighted by Crippen LogP contribution is 2.19. The van der Waals surface area contributed by atoms with E-state index in [2.05, 4.69) is 14.7 Å². The Morgan fingerprint density at radius 3 is 2.84 bits per heavy atom. The zero-order chi connectivity index (χ0) is 13.9. The van der Waals surface area contributed by atoms with Crippen LogP contribution < -0.4 is 10.5 Å². The molecule has 0 aliphatic carbocycles. The van der Waals surface area contributed by atoms with Crippen molar-refractivity contribution in [3.63, 3.8) is 0 Å². The highest BCUT2D eigenvalue weighted by molar-refractivity contribution is 7.89. The Morgan fingerprint density at radius 1 is 1.42 bits per heavy atom. The highest BCUT2D eigenvalue weighted by atomic mass is 32.2. The second-order valence-electron chi connectivity index (χ2n) is 4.01. The van der Waals surface area contributed by atoms with Crippen molar-refractivity contribution in [2.24, 2.45) is 0 Å². The second kappa shape index (κ2) is 5.64. The minimum absolute atomic E-state index is 0.00124. The number of nitrogens with one attached hydrogen (secondary N) is 1. The van der Waals surface area contributed by atoms with Crippen molar-refractivity contribution in [3.05, 3.63) is 34.9 Å². The predicted molar refractivity (Wildman–Crippen MR) is 74.4 cm³/mol. The lowest BCUT2D eigenvalue weighted by Gasteiger charge is -2.11. The summed E-state index contributed by atoms with van der Waals surface area (Å²) in [7, 11) is -3.64. The van der Waals surface area contributed by atoms with Crippen molar-refractivity contribution in [2.45, 2.75) is 17.7 Å². The molecule has 2 aromatic rings. The number of nitrogens with zero attached hydrogens (tertiary/aromatic N) is 2. The van der Waals surface area contributed by atoms with E-state index in [0.29, 0.717) is 0 Å². The maximum absolute atomic E-state index is 12.1. The van der Waals surface area contributed by atoms with E-state index < -0.39 is 10.0 Å². The standard InChI is InChI=1S/C11H14N4O2S2/c1-8(11-14-5-6-18-11)7-15-19(16,17)9-3-2-4-13-10(9)12/h2-6,8,15H,7H2,1H3,(H2,12,13). The third-order valence-corrected chi connectivity index (χ3v) is 5.02. The summed E-state index contributed by atoms with van der Waals surface area (Å²) in [6, 6.07) is 2.97. The molecule has 1 unspecified atom stereocenters. The van der Waals surface area contributed by atoms with Crippen LogP contribution in [0.25, 0.3) is 0 Å². The van der Waals surface area contributed by atoms with Gasteiger partial charge in [0.1, 0.15) is 10.7 Å². The Hall–Kier alpha value is -1.51. The summed E-state index contributed by atoms with van der Waals surface area (Å²) in [4.78, 5) is 7.93. The molecule has 0 spiro atoms. The molecule has 0 aliphatic heterocycles. The van der Waals surface area contributed by atoms with Gasteiger partial charge in [-0.05, 0) is 12.1 Å². The fourth-order valence-electron chi connectivity index (χ4n) is 1.51. The number of nitrogen functional groups attached to an aromatic ring is 1. The predicted octanol–water partition coefficient (Wildman–Crippen LogP) is 1.20. The molecule has 0 saturated carbocycles. The third-order valence-electron chi connectivity index (χ3n) is 2.54. The number of nitrogens with two attached hydrogens (primary N) is 1. The summed E-state index contributed by atoms with van der Waals surface area (Å²) in [6.45, 7) is 2.18. The average molecular weight is 298 g/mol. The van der Waals surface area contributed by atoms with Crippen molar-refractivity contribution in [1.82, 2.24) is 14.7 Å². The van der Waals surface area contributed by atoms with E-state index >= 15 is 0 Å². The van der Waals surface area contributed by atoms with Crippen LogP contribution in [-0.4, -0.2) is 24.9 Å². The summed E-state index contributed by atoms with van der Waals surface area (Å²) in [5.41, 5.74) is 5.57. The van der Waals surface area contributed by atoms with E-state index in [1.54, 1.807) is 6.20 Å². The van der Waals surface area contributed by atoms with Gasteiger partial charge in [0.25, 0.3) is 0 Å². The zero-order valence-electron chi connectivity index (χ0n) is 10.3. The maximum atomic E-state index is 12.1. The normalized spacial score (nSPS) is 13.3. The van der Waals surface area contributed by atoms with Crippen LogP contribution in [0.3, 0.4) is 0 Å². The van der Waals surface area contributed by atoms with Crippen LogP contribution >= 0.6 is 11.3 Å². The Bertz CT molecular complexity index is 640. The molecule has 19 heavy (non-hydrogen) atoms. The molecule has 0 bridgehead atoms. The molecule has 2 rings (SSSR count). The van der Waals surface area contributed by atoms with E-state index in [9.17, 15) is 8.42 Å². The molecular formula is C11H14N4O2S2. The summed E-state index contributed by atoms with van der Waals surface area (Å²) in [5, 5.41) is 2.75. The van der Waals surface area contributed by atoms with E-state index in [-0.39, 0.29) is 23.2 Å². The monoisotopic (exact) mass is 298 g/mol. The first-order chi connectivity index (χ1) is 9.00. The molecule has 0 fully saturated rings. The van der Waals surface area contributed by atoms with Gasteiger partial charge in [0.15, 0.2) is 0 Å². The van der Waals surface area contributed by atoms with Gasteiger partial charge >= 0.3 is 0 Å². The fourth-order valence-corrected chi connectivity index (χ4v) is 3.42. The number of hydrogen-bond donors (Lipinski definition) is 2. The van der Waals surface area contributed by atoms with Gasteiger partial charge in [-0.3, -0.25) is 0 Å². The van der Waals surface area contributed by atoms with Gasteiger partial charge in [-0.25, -0.2) is 23.1 Å². The minimum Gasteiger partial charge on any atom is -0.383 e. The van der Waals surface area contributed by atoms with E-state index in [4.69, 9.17) is 5.73 Å². The fraction of sp³-hybridized carbons (Fsp3) is 0.273. The van der Waals surface area contributed by atoms with Crippen LogP contribution in [0.15, 0.2) is 34.8 Å². The first-order valence-electron chi connectivity index (χ1n) is 5.60. The number of pyridine rings is 1. The van der Waals surface area contributed by atoms with Gasteiger partial charge in [-0.1, -0.05) is 6.92 Å². The Balaban J connectivity index is 2.09. The van der Waals surface area contributed by atoms with Gasteiger partial charge in [0.2, 0.25) is 10.0 Å². The molecule has 6 nitrogen and oxygen atoms in total. The van der Waals surface area contributed by atoms with Crippen molar-refractivity contribution in [3.8, 4) is 0 Å². The van der Waals surface area contributed by atoms with Crippen LogP contribution in [0.2, 0.25) is 0 Å². The van der Waals surface area contributed by atoms with E-state index in [0.717, 1.165) is 5.01 Å². The summed E-state index contributed by atoms with van der Waals surface area (Å²) in [5.74, 6) is 0.00423. The molecule has 3 N–H and O–H groups in total. The smallest absolute Gasteiger partial charge is 0.244 e. The molecule has 0 saturated heterocycles. The van der Waals surface area contributed by atoms with Crippen molar-refractivity contribution in [1.29, 1.82) is 0 Å². The summed E-state index contributed by atoms with van der Waals surface area (Å²) in [6.07, 6.45) is 3.15. The highest BCUT2D eigenvalue weighted by Gasteiger charge is 2.19. The lowest BCUT2D eigenvalue weighted by molar-refractivity contribution is 0.574. The number of anilines is 1. The van der Waals surface area contributed by atoms with Crippen LogP contribution in [0, 0.1) is 0 Å². The number of rotatable bonds is 5. The molecular weight excluding hydrogens is 284 g/mol. The second-order valence-corrected chi connectivity index (χ2v) is 6.67. The van der Waals surface area contributed by atoms with Gasteiger partial charge in [-0.2, -0.15) is 0 Å². The lowest BCUT2D eigenvalue weighted by Crippen LogP contribution is -2.28. The van der Waals surface area contributed by atoms with Crippen molar-refractivity contribution >= 4 is 27.2 Å². The topological polar surface area (TPSA) is 98.0 Å². The van der Waals surface area contributed by atoms with Gasteiger partial charge in [0, 0.05) is 30.2 Å². The largest absolute Gasteiger partial charge is 0.383 e. The van der Waals surface area contributed by atoms with Crippen LogP contribution in [0.5, 0.6) is 0 Å². The third kappa shape index (κ3) is 3.28. The molecule has 0 radical (unpaired) electrons. The van der Waals surface area contributed by atoms with Crippen LogP contribution in [0.4, 0.5) is 5.82 Å². The first-order valence-corrected chi connectivity index (χ1v) is 7.96. The Morgan fingerprint density at radius 2 is 2.21 bits per heavy atom. The molecule has 1 atom stereocenters. The number of aromatic nitrogens is 2. The van der Waals surface area contributed by atoms with Crippen LogP contribution in [-0.2, 0) is 10.0 Å². The molecule has 0 aromatic carbocycles. The van der Waals surface area contributed by atoms with E-state index in [1.165, 1.54) is 29.7 Å². The van der Waals surface area contributed by atoms with Crippen molar-refractivity contribution < 1.29 is 8.42 Å². The minimum atomic E-state index is -3.64. The Labute approximate surface area is 115 Å².